The topological polar surface area (TPSA) is 53.9 Å². The lowest BCUT2D eigenvalue weighted by molar-refractivity contribution is 0.567. The van der Waals surface area contributed by atoms with Gasteiger partial charge in [0.15, 0.2) is 0 Å². The molecule has 0 amide bonds. The summed E-state index contributed by atoms with van der Waals surface area (Å²) in [6.45, 7) is 2.95. The van der Waals surface area contributed by atoms with E-state index in [2.05, 4.69) is 25.2 Å². The van der Waals surface area contributed by atoms with Crippen molar-refractivity contribution in [3.63, 3.8) is 0 Å². The zero-order chi connectivity index (χ0) is 13.1. The molecule has 0 radical (unpaired) electrons. The van der Waals surface area contributed by atoms with Crippen LogP contribution in [0, 0.1) is 5.92 Å². The number of nitrogens with zero attached hydrogens (tertiary/aromatic N) is 4. The molecule has 1 saturated carbocycles. The van der Waals surface area contributed by atoms with E-state index in [1.807, 2.05) is 0 Å². The minimum Gasteiger partial charge on any atom is -0.354 e. The van der Waals surface area contributed by atoms with Crippen molar-refractivity contribution < 1.29 is 0 Å². The zero-order valence-electron chi connectivity index (χ0n) is 11.1. The Balaban J connectivity index is 1.63. The van der Waals surface area contributed by atoms with Gasteiger partial charge >= 0.3 is 0 Å². The second-order valence-electron chi connectivity index (χ2n) is 5.43. The molecule has 1 aliphatic carbocycles. The van der Waals surface area contributed by atoms with Crippen LogP contribution in [-0.4, -0.2) is 34.6 Å². The number of piperidine rings is 1. The number of hydrogen-bond acceptors (Lipinski definition) is 5. The fourth-order valence-corrected chi connectivity index (χ4v) is 2.60. The van der Waals surface area contributed by atoms with E-state index in [9.17, 15) is 0 Å². The Bertz CT molecular complexity index is 429. The van der Waals surface area contributed by atoms with E-state index in [0.29, 0.717) is 11.9 Å². The molecule has 1 aromatic heterocycles. The van der Waals surface area contributed by atoms with Crippen molar-refractivity contribution in [2.75, 3.05) is 29.9 Å². The van der Waals surface area contributed by atoms with Crippen molar-refractivity contribution in [3.8, 4) is 0 Å². The van der Waals surface area contributed by atoms with Gasteiger partial charge in [0, 0.05) is 19.6 Å². The smallest absolute Gasteiger partial charge is 0.231 e. The second-order valence-corrected chi connectivity index (χ2v) is 5.77. The summed E-state index contributed by atoms with van der Waals surface area (Å²) >= 11 is 5.99. The van der Waals surface area contributed by atoms with E-state index in [1.165, 1.54) is 38.5 Å². The Kier molecular flexibility index (Phi) is 4.01. The molecule has 0 bridgehead atoms. The summed E-state index contributed by atoms with van der Waals surface area (Å²) in [7, 11) is 0. The minimum absolute atomic E-state index is 0.282. The van der Waals surface area contributed by atoms with Gasteiger partial charge in [0.2, 0.25) is 17.2 Å². The SMILES string of the molecule is Clc1nc(NCCC2CC2)nc(N2CCCCC2)n1. The highest BCUT2D eigenvalue weighted by Crippen LogP contribution is 2.32. The summed E-state index contributed by atoms with van der Waals surface area (Å²) in [4.78, 5) is 15.1. The first-order valence-electron chi connectivity index (χ1n) is 7.21. The van der Waals surface area contributed by atoms with E-state index < -0.39 is 0 Å². The summed E-state index contributed by atoms with van der Waals surface area (Å²) in [5.41, 5.74) is 0. The fraction of sp³-hybridized carbons (Fsp3) is 0.769. The Labute approximate surface area is 118 Å². The summed E-state index contributed by atoms with van der Waals surface area (Å²) in [6.07, 6.45) is 7.64. The maximum absolute atomic E-state index is 5.99. The van der Waals surface area contributed by atoms with Gasteiger partial charge in [-0.1, -0.05) is 12.8 Å². The summed E-state index contributed by atoms with van der Waals surface area (Å²) in [5, 5.41) is 3.54. The Morgan fingerprint density at radius 3 is 2.63 bits per heavy atom. The molecule has 5 nitrogen and oxygen atoms in total. The van der Waals surface area contributed by atoms with Crippen LogP contribution in [0.25, 0.3) is 0 Å². The van der Waals surface area contributed by atoms with Gasteiger partial charge in [-0.05, 0) is 43.2 Å². The van der Waals surface area contributed by atoms with Gasteiger partial charge < -0.3 is 10.2 Å². The van der Waals surface area contributed by atoms with Crippen molar-refractivity contribution in [2.24, 2.45) is 5.92 Å². The first-order valence-corrected chi connectivity index (χ1v) is 7.59. The molecular formula is C13H20ClN5. The molecule has 0 unspecified atom stereocenters. The molecule has 19 heavy (non-hydrogen) atoms. The van der Waals surface area contributed by atoms with Crippen molar-refractivity contribution >= 4 is 23.5 Å². The van der Waals surface area contributed by atoms with Gasteiger partial charge in [-0.3, -0.25) is 0 Å². The maximum atomic E-state index is 5.99. The molecule has 6 heteroatoms. The standard InChI is InChI=1S/C13H20ClN5/c14-11-16-12(15-7-6-10-4-5-10)18-13(17-11)19-8-2-1-3-9-19/h10H,1-9H2,(H,15,16,17,18). The molecule has 1 saturated heterocycles. The average molecular weight is 282 g/mol. The average Bonchev–Trinajstić information content (AvgIpc) is 3.23. The van der Waals surface area contributed by atoms with Crippen molar-refractivity contribution in [3.05, 3.63) is 5.28 Å². The van der Waals surface area contributed by atoms with Crippen LogP contribution in [0.2, 0.25) is 5.28 Å². The van der Waals surface area contributed by atoms with Crippen molar-refractivity contribution in [1.29, 1.82) is 0 Å². The van der Waals surface area contributed by atoms with Crippen LogP contribution in [0.3, 0.4) is 0 Å². The lowest BCUT2D eigenvalue weighted by Crippen LogP contribution is -2.31. The lowest BCUT2D eigenvalue weighted by atomic mass is 10.1. The van der Waals surface area contributed by atoms with Gasteiger partial charge in [0.25, 0.3) is 0 Å². The molecule has 3 rings (SSSR count). The molecule has 2 heterocycles. The van der Waals surface area contributed by atoms with Crippen LogP contribution in [-0.2, 0) is 0 Å². The third-order valence-corrected chi connectivity index (χ3v) is 3.94. The summed E-state index contributed by atoms with van der Waals surface area (Å²) in [5.74, 6) is 2.24. The first kappa shape index (κ1) is 12.9. The molecule has 104 valence electrons. The molecule has 1 aliphatic heterocycles. The van der Waals surface area contributed by atoms with Crippen LogP contribution in [0.4, 0.5) is 11.9 Å². The zero-order valence-corrected chi connectivity index (χ0v) is 11.9. The fourth-order valence-electron chi connectivity index (χ4n) is 2.45. The van der Waals surface area contributed by atoms with E-state index >= 15 is 0 Å². The lowest BCUT2D eigenvalue weighted by Gasteiger charge is -2.26. The first-order chi connectivity index (χ1) is 9.31. The highest BCUT2D eigenvalue weighted by molar-refractivity contribution is 6.28. The quantitative estimate of drug-likeness (QED) is 0.899. The van der Waals surface area contributed by atoms with Crippen LogP contribution in [0.1, 0.15) is 38.5 Å². The Hall–Kier alpha value is -1.10. The molecule has 2 aliphatic rings. The third kappa shape index (κ3) is 3.69. The number of rotatable bonds is 5. The maximum Gasteiger partial charge on any atom is 0.231 e. The van der Waals surface area contributed by atoms with Gasteiger partial charge in [0.05, 0.1) is 0 Å². The van der Waals surface area contributed by atoms with Crippen LogP contribution < -0.4 is 10.2 Å². The monoisotopic (exact) mass is 281 g/mol. The predicted molar refractivity (Wildman–Crippen MR) is 76.7 cm³/mol. The molecule has 1 aromatic rings. The number of hydrogen-bond donors (Lipinski definition) is 1. The third-order valence-electron chi connectivity index (χ3n) is 3.77. The number of aromatic nitrogens is 3. The summed E-state index contributed by atoms with van der Waals surface area (Å²) < 4.78 is 0. The van der Waals surface area contributed by atoms with Crippen LogP contribution in [0.5, 0.6) is 0 Å². The molecular weight excluding hydrogens is 262 g/mol. The molecule has 0 spiro atoms. The number of halogens is 1. The van der Waals surface area contributed by atoms with E-state index in [-0.39, 0.29) is 5.28 Å². The predicted octanol–water partition coefficient (Wildman–Crippen LogP) is 2.73. The van der Waals surface area contributed by atoms with Crippen LogP contribution >= 0.6 is 11.6 Å². The highest BCUT2D eigenvalue weighted by atomic mass is 35.5. The van der Waals surface area contributed by atoms with Gasteiger partial charge in [-0.15, -0.1) is 0 Å². The molecule has 2 fully saturated rings. The van der Waals surface area contributed by atoms with Crippen molar-refractivity contribution in [2.45, 2.75) is 38.5 Å². The Morgan fingerprint density at radius 2 is 1.89 bits per heavy atom. The van der Waals surface area contributed by atoms with E-state index in [4.69, 9.17) is 11.6 Å². The molecule has 1 N–H and O–H groups in total. The van der Waals surface area contributed by atoms with E-state index in [0.717, 1.165) is 25.6 Å². The largest absolute Gasteiger partial charge is 0.354 e. The summed E-state index contributed by atoms with van der Waals surface area (Å²) in [6, 6.07) is 0. The molecule has 0 aromatic carbocycles. The normalized spacial score (nSPS) is 19.5. The van der Waals surface area contributed by atoms with Gasteiger partial charge in [-0.2, -0.15) is 15.0 Å². The minimum atomic E-state index is 0.282. The van der Waals surface area contributed by atoms with Crippen LogP contribution in [0.15, 0.2) is 0 Å². The van der Waals surface area contributed by atoms with Crippen molar-refractivity contribution in [1.82, 2.24) is 15.0 Å². The second kappa shape index (κ2) is 5.90. The highest BCUT2D eigenvalue weighted by Gasteiger charge is 2.20. The molecule has 0 atom stereocenters. The van der Waals surface area contributed by atoms with Gasteiger partial charge in [0.1, 0.15) is 0 Å². The van der Waals surface area contributed by atoms with E-state index in [1.54, 1.807) is 0 Å². The number of anilines is 2. The van der Waals surface area contributed by atoms with Gasteiger partial charge in [-0.25, -0.2) is 0 Å². The number of nitrogens with one attached hydrogen (secondary N) is 1. The Morgan fingerprint density at radius 1 is 1.11 bits per heavy atom.